The van der Waals surface area contributed by atoms with E-state index in [1.165, 1.54) is 6.08 Å². The van der Waals surface area contributed by atoms with Crippen LogP contribution in [0.4, 0.5) is 11.4 Å². The predicted molar refractivity (Wildman–Crippen MR) is 87.1 cm³/mol. The van der Waals surface area contributed by atoms with E-state index in [0.717, 1.165) is 4.88 Å². The molecule has 2 aromatic rings. The van der Waals surface area contributed by atoms with Gasteiger partial charge in [0.15, 0.2) is 6.10 Å². The second-order valence-electron chi connectivity index (χ2n) is 4.80. The Morgan fingerprint density at radius 3 is 3.05 bits per heavy atom. The lowest BCUT2D eigenvalue weighted by atomic mass is 10.2. The Labute approximate surface area is 131 Å². The van der Waals surface area contributed by atoms with Crippen LogP contribution in [0.15, 0.2) is 41.8 Å². The van der Waals surface area contributed by atoms with Gasteiger partial charge in [-0.05, 0) is 42.6 Å². The largest absolute Gasteiger partial charge is 0.479 e. The first kappa shape index (κ1) is 14.3. The summed E-state index contributed by atoms with van der Waals surface area (Å²) in [6.45, 7) is 1.68. The van der Waals surface area contributed by atoms with Crippen molar-refractivity contribution in [1.82, 2.24) is 0 Å². The Morgan fingerprint density at radius 1 is 1.41 bits per heavy atom. The molecule has 22 heavy (non-hydrogen) atoms. The smallest absolute Gasteiger partial charge is 0.265 e. The minimum absolute atomic E-state index is 0.200. The van der Waals surface area contributed by atoms with E-state index in [2.05, 4.69) is 10.6 Å². The van der Waals surface area contributed by atoms with Gasteiger partial charge in [0.1, 0.15) is 5.75 Å². The van der Waals surface area contributed by atoms with Crippen molar-refractivity contribution in [3.8, 4) is 5.75 Å². The van der Waals surface area contributed by atoms with Crippen LogP contribution in [0, 0.1) is 0 Å². The van der Waals surface area contributed by atoms with Gasteiger partial charge in [-0.1, -0.05) is 6.07 Å². The van der Waals surface area contributed by atoms with Gasteiger partial charge in [0.05, 0.1) is 5.69 Å². The van der Waals surface area contributed by atoms with Gasteiger partial charge in [-0.25, -0.2) is 0 Å². The van der Waals surface area contributed by atoms with Gasteiger partial charge in [-0.3, -0.25) is 9.59 Å². The summed E-state index contributed by atoms with van der Waals surface area (Å²) in [5.74, 6) is 0.164. The van der Waals surface area contributed by atoms with Crippen molar-refractivity contribution in [2.24, 2.45) is 0 Å². The number of nitrogens with one attached hydrogen (secondary N) is 2. The maximum atomic E-state index is 11.9. The third-order valence-electron chi connectivity index (χ3n) is 3.12. The molecule has 3 rings (SSSR count). The molecule has 1 aromatic heterocycles. The highest BCUT2D eigenvalue weighted by Gasteiger charge is 2.23. The number of hydrogen-bond acceptors (Lipinski definition) is 4. The van der Waals surface area contributed by atoms with Gasteiger partial charge in [0.25, 0.3) is 5.91 Å². The van der Waals surface area contributed by atoms with E-state index in [1.54, 1.807) is 42.5 Å². The zero-order chi connectivity index (χ0) is 15.5. The van der Waals surface area contributed by atoms with Crippen LogP contribution < -0.4 is 15.4 Å². The van der Waals surface area contributed by atoms with Crippen LogP contribution in [0.5, 0.6) is 5.75 Å². The van der Waals surface area contributed by atoms with E-state index >= 15 is 0 Å². The normalized spacial score (nSPS) is 16.8. The van der Waals surface area contributed by atoms with Gasteiger partial charge in [0.2, 0.25) is 5.91 Å². The van der Waals surface area contributed by atoms with E-state index in [9.17, 15) is 9.59 Å². The number of carbonyl (C=O) groups excluding carboxylic acids is 2. The molecule has 2 amide bonds. The van der Waals surface area contributed by atoms with Crippen LogP contribution in [0.2, 0.25) is 0 Å². The van der Waals surface area contributed by atoms with Crippen LogP contribution in [0.25, 0.3) is 6.08 Å². The summed E-state index contributed by atoms with van der Waals surface area (Å²) >= 11 is 1.56. The molecule has 2 heterocycles. The quantitative estimate of drug-likeness (QED) is 0.855. The molecule has 0 saturated carbocycles. The molecule has 1 atom stereocenters. The zero-order valence-corrected chi connectivity index (χ0v) is 12.6. The highest BCUT2D eigenvalue weighted by molar-refractivity contribution is 7.10. The van der Waals surface area contributed by atoms with Crippen molar-refractivity contribution < 1.29 is 14.3 Å². The molecule has 0 unspecified atom stereocenters. The molecule has 0 spiro atoms. The second-order valence-corrected chi connectivity index (χ2v) is 5.78. The van der Waals surface area contributed by atoms with E-state index < -0.39 is 6.10 Å². The summed E-state index contributed by atoms with van der Waals surface area (Å²) in [6.07, 6.45) is 2.72. The van der Waals surface area contributed by atoms with Crippen molar-refractivity contribution in [2.45, 2.75) is 13.0 Å². The molecule has 0 fully saturated rings. The van der Waals surface area contributed by atoms with Crippen molar-refractivity contribution in [1.29, 1.82) is 0 Å². The van der Waals surface area contributed by atoms with Crippen molar-refractivity contribution in [2.75, 3.05) is 10.6 Å². The fourth-order valence-corrected chi connectivity index (χ4v) is 2.63. The monoisotopic (exact) mass is 314 g/mol. The topological polar surface area (TPSA) is 67.4 Å². The first-order valence-electron chi connectivity index (χ1n) is 6.76. The Balaban J connectivity index is 1.70. The number of carbonyl (C=O) groups is 2. The predicted octanol–water partition coefficient (Wildman–Crippen LogP) is 3.12. The van der Waals surface area contributed by atoms with Crippen LogP contribution in [-0.2, 0) is 9.59 Å². The molecule has 0 aliphatic carbocycles. The Kier molecular flexibility index (Phi) is 3.93. The minimum atomic E-state index is -0.512. The number of ether oxygens (including phenoxy) is 1. The van der Waals surface area contributed by atoms with Gasteiger partial charge < -0.3 is 15.4 Å². The zero-order valence-electron chi connectivity index (χ0n) is 11.8. The maximum Gasteiger partial charge on any atom is 0.265 e. The fourth-order valence-electron chi connectivity index (χ4n) is 2.01. The molecule has 1 aliphatic rings. The summed E-state index contributed by atoms with van der Waals surface area (Å²) in [5, 5.41) is 7.45. The standard InChI is InChI=1S/C16H14N2O3S/c1-10-16(20)18-13-9-11(4-6-14(13)21-10)17-15(19)7-5-12-3-2-8-22-12/h2-10H,1H3,(H,17,19)(H,18,20)/b7-5+/t10-/m1/s1. The average molecular weight is 314 g/mol. The van der Waals surface area contributed by atoms with Crippen LogP contribution >= 0.6 is 11.3 Å². The van der Waals surface area contributed by atoms with Crippen LogP contribution in [0.3, 0.4) is 0 Å². The summed E-state index contributed by atoms with van der Waals surface area (Å²) < 4.78 is 5.46. The van der Waals surface area contributed by atoms with Crippen LogP contribution in [0.1, 0.15) is 11.8 Å². The van der Waals surface area contributed by atoms with Gasteiger partial charge in [-0.2, -0.15) is 0 Å². The Morgan fingerprint density at radius 2 is 2.27 bits per heavy atom. The molecule has 112 valence electrons. The molecule has 2 N–H and O–H groups in total. The number of anilines is 2. The average Bonchev–Trinajstić information content (AvgIpc) is 3.00. The van der Waals surface area contributed by atoms with E-state index in [1.807, 2.05) is 17.5 Å². The molecule has 1 aromatic carbocycles. The minimum Gasteiger partial charge on any atom is -0.479 e. The van der Waals surface area contributed by atoms with Crippen molar-refractivity contribution in [3.05, 3.63) is 46.7 Å². The lowest BCUT2D eigenvalue weighted by Crippen LogP contribution is -2.34. The lowest BCUT2D eigenvalue weighted by Gasteiger charge is -2.23. The second kappa shape index (κ2) is 6.03. The third kappa shape index (κ3) is 3.17. The molecule has 0 radical (unpaired) electrons. The SMILES string of the molecule is C[C@H]1Oc2ccc(NC(=O)/C=C/c3cccs3)cc2NC1=O. The molecular formula is C16H14N2O3S. The molecule has 1 aliphatic heterocycles. The highest BCUT2D eigenvalue weighted by atomic mass is 32.1. The van der Waals surface area contributed by atoms with E-state index in [4.69, 9.17) is 4.74 Å². The van der Waals surface area contributed by atoms with Gasteiger partial charge in [0, 0.05) is 16.6 Å². The third-order valence-corrected chi connectivity index (χ3v) is 3.96. The van der Waals surface area contributed by atoms with Crippen molar-refractivity contribution >= 4 is 40.6 Å². The number of thiophene rings is 1. The molecule has 0 bridgehead atoms. The fraction of sp³-hybridized carbons (Fsp3) is 0.125. The molecular weight excluding hydrogens is 300 g/mol. The summed E-state index contributed by atoms with van der Waals surface area (Å²) in [6, 6.07) is 9.00. The molecule has 5 nitrogen and oxygen atoms in total. The van der Waals surface area contributed by atoms with E-state index in [0.29, 0.717) is 17.1 Å². The number of hydrogen-bond donors (Lipinski definition) is 2. The van der Waals surface area contributed by atoms with Crippen LogP contribution in [-0.4, -0.2) is 17.9 Å². The number of amides is 2. The van der Waals surface area contributed by atoms with Gasteiger partial charge >= 0.3 is 0 Å². The summed E-state index contributed by atoms with van der Waals surface area (Å²) in [4.78, 5) is 24.5. The maximum absolute atomic E-state index is 11.9. The lowest BCUT2D eigenvalue weighted by molar-refractivity contribution is -0.122. The first-order valence-corrected chi connectivity index (χ1v) is 7.64. The van der Waals surface area contributed by atoms with E-state index in [-0.39, 0.29) is 11.8 Å². The van der Waals surface area contributed by atoms with Crippen molar-refractivity contribution in [3.63, 3.8) is 0 Å². The number of benzene rings is 1. The first-order chi connectivity index (χ1) is 10.6. The molecule has 6 heteroatoms. The highest BCUT2D eigenvalue weighted by Crippen LogP contribution is 2.32. The number of rotatable bonds is 3. The Bertz CT molecular complexity index is 738. The summed E-state index contributed by atoms with van der Waals surface area (Å²) in [5.41, 5.74) is 1.15. The van der Waals surface area contributed by atoms with Gasteiger partial charge in [-0.15, -0.1) is 11.3 Å². The summed E-state index contributed by atoms with van der Waals surface area (Å²) in [7, 11) is 0. The molecule has 0 saturated heterocycles. The number of fused-ring (bicyclic) bond motifs is 1. The Hall–Kier alpha value is -2.60.